The van der Waals surface area contributed by atoms with Crippen LogP contribution in [-0.2, 0) is 4.74 Å². The number of rotatable bonds is 6. The summed E-state index contributed by atoms with van der Waals surface area (Å²) in [6.45, 7) is 14.8. The minimum Gasteiger partial charge on any atom is -0.381 e. The molecule has 2 heterocycles. The molecule has 2 rings (SSSR count). The monoisotopic (exact) mass is 286 g/mol. The van der Waals surface area contributed by atoms with Gasteiger partial charge in [-0.25, -0.2) is 0 Å². The molecule has 0 aliphatic carbocycles. The normalized spacial score (nSPS) is 31.7. The van der Waals surface area contributed by atoms with Crippen molar-refractivity contribution in [3.63, 3.8) is 0 Å². The highest BCUT2D eigenvalue weighted by Crippen LogP contribution is 2.34. The second-order valence-electron chi connectivity index (χ2n) is 6.80. The highest BCUT2D eigenvalue weighted by atomic mass is 32.2. The number of nitrogens with one attached hydrogen (secondary N) is 1. The van der Waals surface area contributed by atoms with Crippen LogP contribution in [0.25, 0.3) is 0 Å². The van der Waals surface area contributed by atoms with Crippen molar-refractivity contribution in [1.82, 2.24) is 10.2 Å². The van der Waals surface area contributed by atoms with Crippen LogP contribution in [-0.4, -0.2) is 61.3 Å². The van der Waals surface area contributed by atoms with Gasteiger partial charge < -0.3 is 15.0 Å². The fraction of sp³-hybridized carbons (Fsp3) is 1.00. The summed E-state index contributed by atoms with van der Waals surface area (Å²) in [5.41, 5.74) is 0.354. The maximum atomic E-state index is 5.71. The van der Waals surface area contributed by atoms with Crippen molar-refractivity contribution in [1.29, 1.82) is 0 Å². The van der Waals surface area contributed by atoms with Gasteiger partial charge in [-0.1, -0.05) is 6.92 Å². The Balaban J connectivity index is 1.89. The lowest BCUT2D eigenvalue weighted by Gasteiger charge is -2.42. The third kappa shape index (κ3) is 4.62. The molecule has 0 aromatic carbocycles. The summed E-state index contributed by atoms with van der Waals surface area (Å²) in [5, 5.41) is 3.62. The van der Waals surface area contributed by atoms with Gasteiger partial charge in [0, 0.05) is 48.7 Å². The van der Waals surface area contributed by atoms with E-state index in [-0.39, 0.29) is 0 Å². The predicted octanol–water partition coefficient (Wildman–Crippen LogP) is 2.22. The lowest BCUT2D eigenvalue weighted by Crippen LogP contribution is -2.50. The maximum absolute atomic E-state index is 5.71. The van der Waals surface area contributed by atoms with E-state index < -0.39 is 0 Å². The summed E-state index contributed by atoms with van der Waals surface area (Å²) in [6, 6.07) is 0. The van der Waals surface area contributed by atoms with Crippen molar-refractivity contribution >= 4 is 11.8 Å². The molecular formula is C15H30N2OS. The molecular weight excluding hydrogens is 256 g/mol. The van der Waals surface area contributed by atoms with Crippen LogP contribution in [0.2, 0.25) is 0 Å². The first-order valence-electron chi connectivity index (χ1n) is 7.70. The maximum Gasteiger partial charge on any atom is 0.0547 e. The van der Waals surface area contributed by atoms with Crippen LogP contribution >= 0.6 is 11.8 Å². The first-order valence-corrected chi connectivity index (χ1v) is 8.69. The molecule has 0 amide bonds. The Hall–Kier alpha value is 0.230. The average molecular weight is 286 g/mol. The SMILES string of the molecule is CCCNCC1(CN2CCSC(C)(C)C2)CCOC1. The van der Waals surface area contributed by atoms with Gasteiger partial charge in [-0.15, -0.1) is 0 Å². The van der Waals surface area contributed by atoms with Gasteiger partial charge in [0.05, 0.1) is 6.61 Å². The highest BCUT2D eigenvalue weighted by Gasteiger charge is 2.38. The molecule has 1 N–H and O–H groups in total. The van der Waals surface area contributed by atoms with Crippen molar-refractivity contribution < 1.29 is 4.74 Å². The molecule has 2 fully saturated rings. The molecule has 0 radical (unpaired) electrons. The third-order valence-corrected chi connectivity index (χ3v) is 5.47. The Morgan fingerprint density at radius 2 is 2.21 bits per heavy atom. The van der Waals surface area contributed by atoms with Gasteiger partial charge in [-0.2, -0.15) is 11.8 Å². The van der Waals surface area contributed by atoms with Gasteiger partial charge in [0.2, 0.25) is 0 Å². The molecule has 2 aliphatic heterocycles. The molecule has 3 nitrogen and oxygen atoms in total. The zero-order valence-electron chi connectivity index (χ0n) is 12.8. The molecule has 0 aromatic heterocycles. The highest BCUT2D eigenvalue weighted by molar-refractivity contribution is 8.00. The molecule has 2 aliphatic rings. The van der Waals surface area contributed by atoms with E-state index in [1.807, 2.05) is 0 Å². The molecule has 0 aromatic rings. The molecule has 1 atom stereocenters. The van der Waals surface area contributed by atoms with E-state index >= 15 is 0 Å². The van der Waals surface area contributed by atoms with Gasteiger partial charge in [-0.3, -0.25) is 0 Å². The summed E-state index contributed by atoms with van der Waals surface area (Å²) in [7, 11) is 0. The fourth-order valence-corrected chi connectivity index (χ4v) is 4.40. The summed E-state index contributed by atoms with van der Waals surface area (Å²) in [5.74, 6) is 1.27. The van der Waals surface area contributed by atoms with Crippen LogP contribution in [0.5, 0.6) is 0 Å². The van der Waals surface area contributed by atoms with Crippen molar-refractivity contribution in [3.05, 3.63) is 0 Å². The van der Waals surface area contributed by atoms with E-state index in [0.29, 0.717) is 10.2 Å². The Morgan fingerprint density at radius 1 is 1.37 bits per heavy atom. The standard InChI is InChI=1S/C15H30N2OS/c1-4-6-16-10-15(5-8-18-13-15)12-17-7-9-19-14(2,3)11-17/h16H,4-13H2,1-3H3. The molecule has 2 saturated heterocycles. The minimum absolute atomic E-state index is 0.354. The number of ether oxygens (including phenoxy) is 1. The minimum atomic E-state index is 0.354. The summed E-state index contributed by atoms with van der Waals surface area (Å²) < 4.78 is 6.13. The van der Waals surface area contributed by atoms with Crippen LogP contribution in [0.3, 0.4) is 0 Å². The predicted molar refractivity (Wildman–Crippen MR) is 84.0 cm³/mol. The van der Waals surface area contributed by atoms with E-state index in [4.69, 9.17) is 4.74 Å². The van der Waals surface area contributed by atoms with E-state index in [1.165, 1.54) is 38.2 Å². The summed E-state index contributed by atoms with van der Waals surface area (Å²) in [4.78, 5) is 2.67. The molecule has 112 valence electrons. The second kappa shape index (κ2) is 6.79. The molecule has 0 saturated carbocycles. The molecule has 19 heavy (non-hydrogen) atoms. The quantitative estimate of drug-likeness (QED) is 0.757. The van der Waals surface area contributed by atoms with Crippen molar-refractivity contribution in [2.45, 2.75) is 38.4 Å². The second-order valence-corrected chi connectivity index (χ2v) is 8.60. The third-order valence-electron chi connectivity index (χ3n) is 4.18. The number of hydrogen-bond donors (Lipinski definition) is 1. The van der Waals surface area contributed by atoms with Gasteiger partial charge in [-0.05, 0) is 33.2 Å². The van der Waals surface area contributed by atoms with Crippen molar-refractivity contribution in [3.8, 4) is 0 Å². The van der Waals surface area contributed by atoms with Crippen molar-refractivity contribution in [2.24, 2.45) is 5.41 Å². The van der Waals surface area contributed by atoms with E-state index in [1.54, 1.807) is 0 Å². The van der Waals surface area contributed by atoms with Gasteiger partial charge in [0.25, 0.3) is 0 Å². The van der Waals surface area contributed by atoms with Gasteiger partial charge in [0.1, 0.15) is 0 Å². The van der Waals surface area contributed by atoms with E-state index in [2.05, 4.69) is 42.7 Å². The molecule has 4 heteroatoms. The first-order chi connectivity index (χ1) is 9.05. The lowest BCUT2D eigenvalue weighted by molar-refractivity contribution is 0.106. The Kier molecular flexibility index (Phi) is 5.58. The number of hydrogen-bond acceptors (Lipinski definition) is 4. The van der Waals surface area contributed by atoms with Crippen LogP contribution in [0.4, 0.5) is 0 Å². The first kappa shape index (κ1) is 15.6. The summed E-state index contributed by atoms with van der Waals surface area (Å²) >= 11 is 2.11. The number of thioether (sulfide) groups is 1. The van der Waals surface area contributed by atoms with Crippen molar-refractivity contribution in [2.75, 3.05) is 51.7 Å². The fourth-order valence-electron chi connectivity index (χ4n) is 3.22. The van der Waals surface area contributed by atoms with Crippen LogP contribution < -0.4 is 5.32 Å². The smallest absolute Gasteiger partial charge is 0.0547 e. The lowest BCUT2D eigenvalue weighted by atomic mass is 9.86. The zero-order chi connectivity index (χ0) is 13.8. The van der Waals surface area contributed by atoms with E-state index in [9.17, 15) is 0 Å². The Labute approximate surface area is 122 Å². The molecule has 0 spiro atoms. The average Bonchev–Trinajstić information content (AvgIpc) is 2.77. The van der Waals surface area contributed by atoms with Gasteiger partial charge >= 0.3 is 0 Å². The number of nitrogens with zero attached hydrogens (tertiary/aromatic N) is 1. The van der Waals surface area contributed by atoms with E-state index in [0.717, 1.165) is 26.3 Å². The van der Waals surface area contributed by atoms with Crippen LogP contribution in [0.1, 0.15) is 33.6 Å². The summed E-state index contributed by atoms with van der Waals surface area (Å²) in [6.07, 6.45) is 2.43. The molecule has 0 bridgehead atoms. The van der Waals surface area contributed by atoms with Crippen LogP contribution in [0, 0.1) is 5.41 Å². The Bertz CT molecular complexity index is 277. The van der Waals surface area contributed by atoms with Crippen LogP contribution in [0.15, 0.2) is 0 Å². The largest absolute Gasteiger partial charge is 0.381 e. The van der Waals surface area contributed by atoms with Gasteiger partial charge in [0.15, 0.2) is 0 Å². The topological polar surface area (TPSA) is 24.5 Å². The Morgan fingerprint density at radius 3 is 2.84 bits per heavy atom. The zero-order valence-corrected chi connectivity index (χ0v) is 13.7. The molecule has 1 unspecified atom stereocenters.